The van der Waals surface area contributed by atoms with E-state index in [-0.39, 0.29) is 0 Å². The number of benzene rings is 1. The highest BCUT2D eigenvalue weighted by molar-refractivity contribution is 6.32. The molecular formula is C17H23ClN4O. The van der Waals surface area contributed by atoms with Crippen LogP contribution >= 0.6 is 11.6 Å². The molecule has 0 fully saturated rings. The van der Waals surface area contributed by atoms with Crippen LogP contribution in [-0.2, 0) is 0 Å². The number of methoxy groups -OCH3 is 1. The zero-order chi connectivity index (χ0) is 16.8. The van der Waals surface area contributed by atoms with Crippen molar-refractivity contribution >= 4 is 28.9 Å². The summed E-state index contributed by atoms with van der Waals surface area (Å²) in [5.41, 5.74) is 0.857. The van der Waals surface area contributed by atoms with Crippen LogP contribution in [0.25, 0.3) is 0 Å². The summed E-state index contributed by atoms with van der Waals surface area (Å²) in [5, 5.41) is 3.83. The van der Waals surface area contributed by atoms with Crippen LogP contribution < -0.4 is 15.0 Å². The first-order chi connectivity index (χ1) is 11.0. The number of aromatic nitrogens is 2. The van der Waals surface area contributed by atoms with Gasteiger partial charge in [0.1, 0.15) is 23.2 Å². The Balaban J connectivity index is 2.19. The van der Waals surface area contributed by atoms with Crippen LogP contribution in [0.4, 0.5) is 17.3 Å². The van der Waals surface area contributed by atoms with Crippen molar-refractivity contribution in [3.05, 3.63) is 35.1 Å². The van der Waals surface area contributed by atoms with Gasteiger partial charge in [0, 0.05) is 25.3 Å². The molecule has 0 aliphatic rings. The fourth-order valence-corrected chi connectivity index (χ4v) is 2.47. The van der Waals surface area contributed by atoms with Gasteiger partial charge >= 0.3 is 0 Å². The normalized spacial score (nSPS) is 10.5. The molecule has 0 radical (unpaired) electrons. The Morgan fingerprint density at radius 3 is 2.70 bits per heavy atom. The van der Waals surface area contributed by atoms with Crippen molar-refractivity contribution in [2.24, 2.45) is 0 Å². The lowest BCUT2D eigenvalue weighted by Gasteiger charge is -2.19. The molecule has 6 heteroatoms. The maximum absolute atomic E-state index is 6.16. The number of rotatable bonds is 7. The summed E-state index contributed by atoms with van der Waals surface area (Å²) in [6, 6.07) is 7.49. The molecule has 0 spiro atoms. The average Bonchev–Trinajstić information content (AvgIpc) is 2.52. The standard InChI is InChI=1S/C17H23ClN4O/c1-5-6-9-22(3)17-11-16(19-12(2)20-17)21-13-7-8-15(23-4)14(18)10-13/h7-8,10-11H,5-6,9H2,1-4H3,(H,19,20,21). The van der Waals surface area contributed by atoms with Gasteiger partial charge in [-0.2, -0.15) is 0 Å². The Morgan fingerprint density at radius 1 is 1.26 bits per heavy atom. The lowest BCUT2D eigenvalue weighted by atomic mass is 10.3. The van der Waals surface area contributed by atoms with Crippen molar-refractivity contribution < 1.29 is 4.74 Å². The molecule has 1 aromatic carbocycles. The summed E-state index contributed by atoms with van der Waals surface area (Å²) >= 11 is 6.16. The van der Waals surface area contributed by atoms with E-state index in [1.807, 2.05) is 38.2 Å². The van der Waals surface area contributed by atoms with Gasteiger partial charge < -0.3 is 15.0 Å². The molecule has 0 saturated heterocycles. The minimum atomic E-state index is 0.559. The van der Waals surface area contributed by atoms with Crippen LogP contribution in [0.15, 0.2) is 24.3 Å². The largest absolute Gasteiger partial charge is 0.495 e. The molecule has 0 atom stereocenters. The van der Waals surface area contributed by atoms with Gasteiger partial charge in [-0.3, -0.25) is 0 Å². The van der Waals surface area contributed by atoms with Crippen molar-refractivity contribution in [1.82, 2.24) is 9.97 Å². The van der Waals surface area contributed by atoms with E-state index in [0.717, 1.165) is 42.5 Å². The summed E-state index contributed by atoms with van der Waals surface area (Å²) in [5.74, 6) is 3.04. The summed E-state index contributed by atoms with van der Waals surface area (Å²) in [7, 11) is 3.64. The SMILES string of the molecule is CCCCN(C)c1cc(Nc2ccc(OC)c(Cl)c2)nc(C)n1. The predicted octanol–water partition coefficient (Wildman–Crippen LogP) is 4.43. The highest BCUT2D eigenvalue weighted by Crippen LogP contribution is 2.29. The fourth-order valence-electron chi connectivity index (χ4n) is 2.21. The number of hydrogen-bond acceptors (Lipinski definition) is 5. The van der Waals surface area contributed by atoms with Crippen LogP contribution in [0.3, 0.4) is 0 Å². The number of nitrogens with zero attached hydrogens (tertiary/aromatic N) is 3. The quantitative estimate of drug-likeness (QED) is 0.811. The van der Waals surface area contributed by atoms with E-state index in [1.54, 1.807) is 7.11 Å². The molecule has 1 heterocycles. The van der Waals surface area contributed by atoms with E-state index in [9.17, 15) is 0 Å². The van der Waals surface area contributed by atoms with E-state index < -0.39 is 0 Å². The van der Waals surface area contributed by atoms with Gasteiger partial charge in [-0.25, -0.2) is 9.97 Å². The predicted molar refractivity (Wildman–Crippen MR) is 96.2 cm³/mol. The third kappa shape index (κ3) is 4.73. The zero-order valence-electron chi connectivity index (χ0n) is 14.1. The first-order valence-corrected chi connectivity index (χ1v) is 8.08. The number of nitrogens with one attached hydrogen (secondary N) is 1. The van der Waals surface area contributed by atoms with Crippen LogP contribution in [0.1, 0.15) is 25.6 Å². The number of hydrogen-bond donors (Lipinski definition) is 1. The summed E-state index contributed by atoms with van der Waals surface area (Å²) < 4.78 is 5.17. The number of unbranched alkanes of at least 4 members (excludes halogenated alkanes) is 1. The van der Waals surface area contributed by atoms with E-state index >= 15 is 0 Å². The summed E-state index contributed by atoms with van der Waals surface area (Å²) in [6.07, 6.45) is 2.29. The molecule has 0 amide bonds. The molecule has 2 rings (SSSR count). The van der Waals surface area contributed by atoms with E-state index in [2.05, 4.69) is 27.1 Å². The maximum Gasteiger partial charge on any atom is 0.137 e. The highest BCUT2D eigenvalue weighted by atomic mass is 35.5. The molecule has 1 N–H and O–H groups in total. The molecule has 23 heavy (non-hydrogen) atoms. The Hall–Kier alpha value is -2.01. The van der Waals surface area contributed by atoms with E-state index in [4.69, 9.17) is 16.3 Å². The maximum atomic E-state index is 6.16. The third-order valence-corrected chi connectivity index (χ3v) is 3.78. The van der Waals surface area contributed by atoms with Gasteiger partial charge in [-0.1, -0.05) is 24.9 Å². The van der Waals surface area contributed by atoms with Crippen molar-refractivity contribution in [3.8, 4) is 5.75 Å². The van der Waals surface area contributed by atoms with Crippen LogP contribution in [0.5, 0.6) is 5.75 Å². The summed E-state index contributed by atoms with van der Waals surface area (Å²) in [4.78, 5) is 11.1. The monoisotopic (exact) mass is 334 g/mol. The molecule has 1 aromatic heterocycles. The highest BCUT2D eigenvalue weighted by Gasteiger charge is 2.08. The second-order valence-corrected chi connectivity index (χ2v) is 5.82. The molecule has 0 aliphatic carbocycles. The zero-order valence-corrected chi connectivity index (χ0v) is 14.8. The summed E-state index contributed by atoms with van der Waals surface area (Å²) in [6.45, 7) is 5.05. The van der Waals surface area contributed by atoms with E-state index in [1.165, 1.54) is 0 Å². The number of ether oxygens (including phenoxy) is 1. The number of halogens is 1. The van der Waals surface area contributed by atoms with Crippen LogP contribution in [-0.4, -0.2) is 30.7 Å². The van der Waals surface area contributed by atoms with Gasteiger partial charge in [0.25, 0.3) is 0 Å². The second kappa shape index (κ2) is 8.02. The second-order valence-electron chi connectivity index (χ2n) is 5.41. The molecule has 5 nitrogen and oxygen atoms in total. The molecule has 0 aliphatic heterocycles. The molecule has 0 unspecified atom stereocenters. The van der Waals surface area contributed by atoms with Crippen molar-refractivity contribution in [2.75, 3.05) is 30.9 Å². The number of anilines is 3. The first-order valence-electron chi connectivity index (χ1n) is 7.71. The average molecular weight is 335 g/mol. The smallest absolute Gasteiger partial charge is 0.137 e. The Bertz CT molecular complexity index is 663. The Labute approximate surface area is 142 Å². The molecule has 0 bridgehead atoms. The van der Waals surface area contributed by atoms with Crippen molar-refractivity contribution in [3.63, 3.8) is 0 Å². The van der Waals surface area contributed by atoms with Crippen LogP contribution in [0, 0.1) is 6.92 Å². The Kier molecular flexibility index (Phi) is 6.04. The van der Waals surface area contributed by atoms with Gasteiger partial charge in [-0.15, -0.1) is 0 Å². The van der Waals surface area contributed by atoms with Gasteiger partial charge in [0.2, 0.25) is 0 Å². The molecule has 124 valence electrons. The van der Waals surface area contributed by atoms with Gasteiger partial charge in [0.15, 0.2) is 0 Å². The topological polar surface area (TPSA) is 50.3 Å². The first kappa shape index (κ1) is 17.3. The van der Waals surface area contributed by atoms with Crippen molar-refractivity contribution in [2.45, 2.75) is 26.7 Å². The molecule has 0 saturated carbocycles. The van der Waals surface area contributed by atoms with Gasteiger partial charge in [-0.05, 0) is 31.5 Å². The lowest BCUT2D eigenvalue weighted by molar-refractivity contribution is 0.415. The van der Waals surface area contributed by atoms with E-state index in [0.29, 0.717) is 10.8 Å². The fraction of sp³-hybridized carbons (Fsp3) is 0.412. The Morgan fingerprint density at radius 2 is 2.04 bits per heavy atom. The third-order valence-electron chi connectivity index (χ3n) is 3.49. The number of aryl methyl sites for hydroxylation is 1. The molecule has 2 aromatic rings. The van der Waals surface area contributed by atoms with Crippen molar-refractivity contribution in [1.29, 1.82) is 0 Å². The molecular weight excluding hydrogens is 312 g/mol. The minimum absolute atomic E-state index is 0.559. The minimum Gasteiger partial charge on any atom is -0.495 e. The lowest BCUT2D eigenvalue weighted by Crippen LogP contribution is -2.20. The van der Waals surface area contributed by atoms with Crippen LogP contribution in [0.2, 0.25) is 5.02 Å². The van der Waals surface area contributed by atoms with Gasteiger partial charge in [0.05, 0.1) is 12.1 Å².